The first kappa shape index (κ1) is 20.2. The van der Waals surface area contributed by atoms with Crippen LogP contribution in [0.15, 0.2) is 41.1 Å². The van der Waals surface area contributed by atoms with Crippen LogP contribution >= 0.6 is 11.3 Å². The van der Waals surface area contributed by atoms with Crippen LogP contribution in [0.5, 0.6) is 0 Å². The predicted octanol–water partition coefficient (Wildman–Crippen LogP) is 5.36. The Labute approximate surface area is 169 Å². The molecule has 1 aliphatic rings. The fraction of sp³-hybridized carbons (Fsp3) is 0.429. The van der Waals surface area contributed by atoms with Crippen molar-refractivity contribution in [1.82, 2.24) is 4.90 Å². The van der Waals surface area contributed by atoms with E-state index < -0.39 is 11.7 Å². The molecule has 1 aromatic heterocycles. The summed E-state index contributed by atoms with van der Waals surface area (Å²) in [5.74, 6) is 0. The van der Waals surface area contributed by atoms with E-state index in [1.807, 2.05) is 61.9 Å². The van der Waals surface area contributed by atoms with Gasteiger partial charge in [0, 0.05) is 31.5 Å². The van der Waals surface area contributed by atoms with E-state index in [1.165, 1.54) is 0 Å². The molecule has 1 aromatic carbocycles. The average molecular weight is 403 g/mol. The molecule has 150 valence electrons. The molecule has 0 bridgehead atoms. The third-order valence-electron chi connectivity index (χ3n) is 4.36. The van der Waals surface area contributed by atoms with Gasteiger partial charge in [0.15, 0.2) is 0 Å². The number of piperidine rings is 1. The molecule has 0 saturated carbocycles. The Balaban J connectivity index is 1.52. The van der Waals surface area contributed by atoms with Crippen LogP contribution in [0.3, 0.4) is 0 Å². The highest BCUT2D eigenvalue weighted by Crippen LogP contribution is 2.29. The Hall–Kier alpha value is -2.54. The normalized spacial score (nSPS) is 15.2. The second-order valence-corrected chi connectivity index (χ2v) is 8.53. The first-order chi connectivity index (χ1) is 13.3. The van der Waals surface area contributed by atoms with Gasteiger partial charge in [0.1, 0.15) is 11.7 Å². The highest BCUT2D eigenvalue weighted by atomic mass is 32.1. The molecule has 0 atom stereocenters. The van der Waals surface area contributed by atoms with Gasteiger partial charge in [-0.05, 0) is 49.2 Å². The van der Waals surface area contributed by atoms with Gasteiger partial charge >= 0.3 is 12.2 Å². The lowest BCUT2D eigenvalue weighted by molar-refractivity contribution is 0.00794. The minimum atomic E-state index is -0.514. The number of benzene rings is 1. The van der Waals surface area contributed by atoms with E-state index in [4.69, 9.17) is 9.47 Å². The summed E-state index contributed by atoms with van der Waals surface area (Å²) < 4.78 is 11.0. The summed E-state index contributed by atoms with van der Waals surface area (Å²) >= 11 is 1.61. The molecular weight excluding hydrogens is 376 g/mol. The number of para-hydroxylation sites is 1. The fourth-order valence-corrected chi connectivity index (χ4v) is 3.69. The SMILES string of the molecule is CC(C)(C)OC(=O)N1CCC(OC(=O)Nc2ccccc2-c2ccsc2)CC1. The number of anilines is 1. The highest BCUT2D eigenvalue weighted by molar-refractivity contribution is 7.08. The molecule has 2 aromatic rings. The number of likely N-dealkylation sites (tertiary alicyclic amines) is 1. The summed E-state index contributed by atoms with van der Waals surface area (Å²) in [6, 6.07) is 9.67. The zero-order chi connectivity index (χ0) is 20.1. The van der Waals surface area contributed by atoms with E-state index in [0.717, 1.165) is 16.8 Å². The van der Waals surface area contributed by atoms with Crippen molar-refractivity contribution in [1.29, 1.82) is 0 Å². The number of thiophene rings is 1. The Bertz CT molecular complexity index is 806. The zero-order valence-electron chi connectivity index (χ0n) is 16.4. The van der Waals surface area contributed by atoms with Gasteiger partial charge in [0.25, 0.3) is 0 Å². The minimum Gasteiger partial charge on any atom is -0.446 e. The number of ether oxygens (including phenoxy) is 2. The summed E-state index contributed by atoms with van der Waals surface area (Å²) in [6.07, 6.45) is 0.183. The monoisotopic (exact) mass is 402 g/mol. The summed E-state index contributed by atoms with van der Waals surface area (Å²) in [7, 11) is 0. The number of nitrogens with zero attached hydrogens (tertiary/aromatic N) is 1. The molecule has 3 rings (SSSR count). The molecule has 1 N–H and O–H groups in total. The summed E-state index contributed by atoms with van der Waals surface area (Å²) in [4.78, 5) is 26.1. The second kappa shape index (κ2) is 8.65. The van der Waals surface area contributed by atoms with Crippen LogP contribution < -0.4 is 5.32 Å². The van der Waals surface area contributed by atoms with Crippen LogP contribution in [0.25, 0.3) is 11.1 Å². The quantitative estimate of drug-likeness (QED) is 0.750. The summed E-state index contributed by atoms with van der Waals surface area (Å²) in [5.41, 5.74) is 2.23. The van der Waals surface area contributed by atoms with Gasteiger partial charge in [0.05, 0.1) is 5.69 Å². The lowest BCUT2D eigenvalue weighted by Gasteiger charge is -2.33. The third kappa shape index (κ3) is 5.48. The van der Waals surface area contributed by atoms with Crippen LogP contribution in [0.1, 0.15) is 33.6 Å². The molecule has 6 nitrogen and oxygen atoms in total. The second-order valence-electron chi connectivity index (χ2n) is 7.75. The van der Waals surface area contributed by atoms with Crippen molar-refractivity contribution in [2.75, 3.05) is 18.4 Å². The third-order valence-corrected chi connectivity index (χ3v) is 5.05. The van der Waals surface area contributed by atoms with Crippen LogP contribution in [0, 0.1) is 0 Å². The number of carbonyl (C=O) groups is 2. The van der Waals surface area contributed by atoms with Crippen molar-refractivity contribution < 1.29 is 19.1 Å². The van der Waals surface area contributed by atoms with Crippen LogP contribution in [-0.4, -0.2) is 41.9 Å². The predicted molar refractivity (Wildman–Crippen MR) is 111 cm³/mol. The molecule has 0 spiro atoms. The Morgan fingerprint density at radius 3 is 2.50 bits per heavy atom. The minimum absolute atomic E-state index is 0.216. The van der Waals surface area contributed by atoms with Crippen LogP contribution in [0.2, 0.25) is 0 Å². The van der Waals surface area contributed by atoms with E-state index in [9.17, 15) is 9.59 Å². The van der Waals surface area contributed by atoms with Crippen LogP contribution in [-0.2, 0) is 9.47 Å². The van der Waals surface area contributed by atoms with Gasteiger partial charge in [-0.25, -0.2) is 9.59 Å². The molecule has 1 saturated heterocycles. The Morgan fingerprint density at radius 2 is 1.86 bits per heavy atom. The van der Waals surface area contributed by atoms with Gasteiger partial charge in [-0.2, -0.15) is 11.3 Å². The largest absolute Gasteiger partial charge is 0.446 e. The first-order valence-corrected chi connectivity index (χ1v) is 10.3. The lowest BCUT2D eigenvalue weighted by Crippen LogP contribution is -2.44. The van der Waals surface area contributed by atoms with E-state index in [1.54, 1.807) is 16.2 Å². The molecule has 2 amide bonds. The maximum Gasteiger partial charge on any atom is 0.411 e. The zero-order valence-corrected chi connectivity index (χ0v) is 17.3. The molecule has 1 fully saturated rings. The van der Waals surface area contributed by atoms with Gasteiger partial charge in [-0.1, -0.05) is 18.2 Å². The molecule has 0 aliphatic carbocycles. The van der Waals surface area contributed by atoms with E-state index in [-0.39, 0.29) is 12.2 Å². The van der Waals surface area contributed by atoms with Gasteiger partial charge in [0.2, 0.25) is 0 Å². The molecule has 2 heterocycles. The van der Waals surface area contributed by atoms with Crippen molar-refractivity contribution in [3.05, 3.63) is 41.1 Å². The molecule has 0 radical (unpaired) electrons. The standard InChI is InChI=1S/C21H26N2O4S/c1-21(2,3)27-20(25)23-11-8-16(9-12-23)26-19(24)22-18-7-5-4-6-17(18)15-10-13-28-14-15/h4-7,10,13-14,16H,8-9,11-12H2,1-3H3,(H,22,24). The van der Waals surface area contributed by atoms with Crippen molar-refractivity contribution in [2.24, 2.45) is 0 Å². The number of carbonyl (C=O) groups excluding carboxylic acids is 2. The van der Waals surface area contributed by atoms with Gasteiger partial charge < -0.3 is 14.4 Å². The van der Waals surface area contributed by atoms with E-state index >= 15 is 0 Å². The number of nitrogens with one attached hydrogen (secondary N) is 1. The number of hydrogen-bond donors (Lipinski definition) is 1. The number of amides is 2. The van der Waals surface area contributed by atoms with Crippen LogP contribution in [0.4, 0.5) is 15.3 Å². The van der Waals surface area contributed by atoms with Crippen molar-refractivity contribution >= 4 is 29.2 Å². The maximum atomic E-state index is 12.4. The molecule has 28 heavy (non-hydrogen) atoms. The Kier molecular flexibility index (Phi) is 6.24. The number of rotatable bonds is 3. The average Bonchev–Trinajstić information content (AvgIpc) is 3.15. The van der Waals surface area contributed by atoms with Crippen molar-refractivity contribution in [2.45, 2.75) is 45.3 Å². The van der Waals surface area contributed by atoms with Gasteiger partial charge in [-0.3, -0.25) is 5.32 Å². The summed E-state index contributed by atoms with van der Waals surface area (Å²) in [5, 5.41) is 6.89. The van der Waals surface area contributed by atoms with Gasteiger partial charge in [-0.15, -0.1) is 0 Å². The maximum absolute atomic E-state index is 12.4. The Morgan fingerprint density at radius 1 is 1.14 bits per heavy atom. The highest BCUT2D eigenvalue weighted by Gasteiger charge is 2.28. The number of hydrogen-bond acceptors (Lipinski definition) is 5. The van der Waals surface area contributed by atoms with Crippen molar-refractivity contribution in [3.63, 3.8) is 0 Å². The molecule has 0 unspecified atom stereocenters. The smallest absolute Gasteiger partial charge is 0.411 e. The topological polar surface area (TPSA) is 67.9 Å². The lowest BCUT2D eigenvalue weighted by atomic mass is 10.1. The fourth-order valence-electron chi connectivity index (χ4n) is 3.04. The first-order valence-electron chi connectivity index (χ1n) is 9.39. The molecule has 1 aliphatic heterocycles. The van der Waals surface area contributed by atoms with E-state index in [0.29, 0.717) is 25.9 Å². The summed E-state index contributed by atoms with van der Waals surface area (Å²) in [6.45, 7) is 6.56. The van der Waals surface area contributed by atoms with E-state index in [2.05, 4.69) is 5.32 Å². The molecular formula is C21H26N2O4S. The van der Waals surface area contributed by atoms with Crippen molar-refractivity contribution in [3.8, 4) is 11.1 Å². The molecule has 7 heteroatoms.